The van der Waals surface area contributed by atoms with Gasteiger partial charge in [0.25, 0.3) is 0 Å². The van der Waals surface area contributed by atoms with E-state index in [4.69, 9.17) is 16.3 Å². The van der Waals surface area contributed by atoms with Crippen molar-refractivity contribution in [2.24, 2.45) is 0 Å². The zero-order valence-electron chi connectivity index (χ0n) is 14.5. The number of aromatic nitrogens is 1. The number of phenolic OH excluding ortho intramolecular Hbond substituents is 1. The van der Waals surface area contributed by atoms with E-state index in [9.17, 15) is 15.2 Å². The van der Waals surface area contributed by atoms with E-state index >= 15 is 0 Å². The highest BCUT2D eigenvalue weighted by Crippen LogP contribution is 2.36. The zero-order chi connectivity index (χ0) is 19.6. The number of hydrogen-bond acceptors (Lipinski definition) is 6. The first-order chi connectivity index (χ1) is 12.9. The highest BCUT2D eigenvalue weighted by atomic mass is 35.5. The largest absolute Gasteiger partial charge is 0.506 e. The van der Waals surface area contributed by atoms with Crippen LogP contribution in [0.15, 0.2) is 36.5 Å². The summed E-state index contributed by atoms with van der Waals surface area (Å²) < 4.78 is 5.31. The Balaban J connectivity index is 2.20. The van der Waals surface area contributed by atoms with E-state index < -0.39 is 0 Å². The molecule has 3 rings (SSSR count). The van der Waals surface area contributed by atoms with E-state index in [-0.39, 0.29) is 16.7 Å². The molecule has 1 amide bonds. The minimum absolute atomic E-state index is 0.0417. The first kappa shape index (κ1) is 18.3. The number of aromatic hydroxyl groups is 1. The summed E-state index contributed by atoms with van der Waals surface area (Å²) in [6, 6.07) is 10.1. The summed E-state index contributed by atoms with van der Waals surface area (Å²) >= 11 is 5.96. The number of methoxy groups -OCH3 is 1. The van der Waals surface area contributed by atoms with Crippen LogP contribution in [0.25, 0.3) is 10.9 Å². The predicted octanol–water partition coefficient (Wildman–Crippen LogP) is 4.18. The first-order valence-electron chi connectivity index (χ1n) is 7.87. The second-order valence-electron chi connectivity index (χ2n) is 5.70. The molecule has 8 heteroatoms. The maximum absolute atomic E-state index is 11.5. The Morgan fingerprint density at radius 3 is 2.74 bits per heavy atom. The second-order valence-corrected chi connectivity index (χ2v) is 6.11. The fourth-order valence-corrected chi connectivity index (χ4v) is 2.81. The summed E-state index contributed by atoms with van der Waals surface area (Å²) in [6.07, 6.45) is 1.45. The highest BCUT2D eigenvalue weighted by Gasteiger charge is 2.14. The summed E-state index contributed by atoms with van der Waals surface area (Å²) in [6.45, 7) is 1.39. The summed E-state index contributed by atoms with van der Waals surface area (Å²) in [5, 5.41) is 25.7. The molecule has 3 N–H and O–H groups in total. The maximum Gasteiger partial charge on any atom is 0.221 e. The number of ether oxygens (including phenoxy) is 1. The van der Waals surface area contributed by atoms with Crippen LogP contribution in [0.5, 0.6) is 11.5 Å². The smallest absolute Gasteiger partial charge is 0.221 e. The van der Waals surface area contributed by atoms with Crippen molar-refractivity contribution in [3.05, 3.63) is 47.1 Å². The molecule has 7 nitrogen and oxygen atoms in total. The molecule has 0 saturated carbocycles. The number of pyridine rings is 1. The summed E-state index contributed by atoms with van der Waals surface area (Å²) in [5.41, 5.74) is 2.43. The van der Waals surface area contributed by atoms with E-state index in [2.05, 4.69) is 21.7 Å². The minimum Gasteiger partial charge on any atom is -0.506 e. The van der Waals surface area contributed by atoms with Gasteiger partial charge in [-0.25, -0.2) is 0 Å². The van der Waals surface area contributed by atoms with Gasteiger partial charge in [-0.05, 0) is 24.3 Å². The van der Waals surface area contributed by atoms with E-state index in [1.54, 1.807) is 24.3 Å². The molecular weight excluding hydrogens is 368 g/mol. The van der Waals surface area contributed by atoms with Crippen LogP contribution in [-0.4, -0.2) is 23.1 Å². The van der Waals surface area contributed by atoms with Gasteiger partial charge in [0.1, 0.15) is 17.6 Å². The molecule has 0 spiro atoms. The first-order valence-corrected chi connectivity index (χ1v) is 8.24. The Morgan fingerprint density at radius 2 is 2.11 bits per heavy atom. The van der Waals surface area contributed by atoms with Gasteiger partial charge in [-0.2, -0.15) is 5.26 Å². The van der Waals surface area contributed by atoms with Crippen LogP contribution in [0.1, 0.15) is 12.5 Å². The van der Waals surface area contributed by atoms with Crippen LogP contribution in [0.3, 0.4) is 0 Å². The molecule has 0 fully saturated rings. The molecule has 1 heterocycles. The lowest BCUT2D eigenvalue weighted by Crippen LogP contribution is -2.07. The van der Waals surface area contributed by atoms with Gasteiger partial charge in [0.2, 0.25) is 5.91 Å². The van der Waals surface area contributed by atoms with Crippen molar-refractivity contribution < 1.29 is 14.6 Å². The minimum atomic E-state index is -0.253. The molecule has 1 aromatic heterocycles. The molecule has 0 aliphatic heterocycles. The Morgan fingerprint density at radius 1 is 1.33 bits per heavy atom. The van der Waals surface area contributed by atoms with Crippen LogP contribution < -0.4 is 15.4 Å². The monoisotopic (exact) mass is 382 g/mol. The van der Waals surface area contributed by atoms with Gasteiger partial charge in [0, 0.05) is 30.3 Å². The number of rotatable bonds is 4. The van der Waals surface area contributed by atoms with Gasteiger partial charge in [-0.1, -0.05) is 11.6 Å². The number of nitriles is 1. The Kier molecular flexibility index (Phi) is 5.01. The predicted molar refractivity (Wildman–Crippen MR) is 104 cm³/mol. The maximum atomic E-state index is 11.5. The summed E-state index contributed by atoms with van der Waals surface area (Å²) in [5.74, 6) is 0.158. The number of fused-ring (bicyclic) bond motifs is 1. The number of nitrogens with one attached hydrogen (secondary N) is 2. The molecule has 27 heavy (non-hydrogen) atoms. The third kappa shape index (κ3) is 3.71. The molecule has 3 aromatic rings. The van der Waals surface area contributed by atoms with Crippen LogP contribution in [-0.2, 0) is 4.79 Å². The van der Waals surface area contributed by atoms with E-state index in [1.165, 1.54) is 26.3 Å². The Bertz CT molecular complexity index is 1090. The molecule has 0 saturated heterocycles. The lowest BCUT2D eigenvalue weighted by molar-refractivity contribution is -0.114. The number of benzene rings is 2. The van der Waals surface area contributed by atoms with Crippen molar-refractivity contribution in [2.45, 2.75) is 6.92 Å². The van der Waals surface area contributed by atoms with Crippen molar-refractivity contribution in [1.29, 1.82) is 5.26 Å². The lowest BCUT2D eigenvalue weighted by atomic mass is 10.1. The average molecular weight is 383 g/mol. The number of phenols is 1. The van der Waals surface area contributed by atoms with Gasteiger partial charge in [0.05, 0.1) is 34.6 Å². The molecule has 2 aromatic carbocycles. The molecule has 0 radical (unpaired) electrons. The molecule has 0 aliphatic carbocycles. The molecule has 0 bridgehead atoms. The number of hydrogen-bond donors (Lipinski definition) is 3. The zero-order valence-corrected chi connectivity index (χ0v) is 15.3. The quantitative estimate of drug-likeness (QED) is 0.584. The normalized spacial score (nSPS) is 10.3. The number of anilines is 3. The third-order valence-corrected chi connectivity index (χ3v) is 4.14. The van der Waals surface area contributed by atoms with Crippen molar-refractivity contribution in [3.8, 4) is 17.6 Å². The van der Waals surface area contributed by atoms with Crippen LogP contribution >= 0.6 is 11.6 Å². The second kappa shape index (κ2) is 7.40. The Hall–Kier alpha value is -3.50. The van der Waals surface area contributed by atoms with Crippen LogP contribution in [0.4, 0.5) is 17.1 Å². The number of amides is 1. The number of nitrogens with zero attached hydrogens (tertiary/aromatic N) is 2. The van der Waals surface area contributed by atoms with Gasteiger partial charge in [-0.15, -0.1) is 0 Å². The van der Waals surface area contributed by atoms with Gasteiger partial charge < -0.3 is 20.5 Å². The van der Waals surface area contributed by atoms with Crippen LogP contribution in [0, 0.1) is 11.3 Å². The van der Waals surface area contributed by atoms with Gasteiger partial charge >= 0.3 is 0 Å². The lowest BCUT2D eigenvalue weighted by Gasteiger charge is -2.15. The van der Waals surface area contributed by atoms with E-state index in [0.29, 0.717) is 39.3 Å². The van der Waals surface area contributed by atoms with Crippen molar-refractivity contribution in [3.63, 3.8) is 0 Å². The standard InChI is InChI=1S/C19H15ClN4O3/c1-10(25)23-16-6-13-15(7-18(16)27-2)22-9-11(8-21)19(13)24-12-3-4-17(26)14(20)5-12/h3-7,9,26H,1-2H3,(H,22,24)(H,23,25). The third-order valence-electron chi connectivity index (χ3n) is 3.84. The number of halogens is 1. The van der Waals surface area contributed by atoms with Gasteiger partial charge in [-0.3, -0.25) is 9.78 Å². The SMILES string of the molecule is COc1cc2ncc(C#N)c(Nc3ccc(O)c(Cl)c3)c2cc1NC(C)=O. The number of carbonyl (C=O) groups excluding carboxylic acids is 1. The molecule has 0 unspecified atom stereocenters. The van der Waals surface area contributed by atoms with E-state index in [0.717, 1.165) is 0 Å². The van der Waals surface area contributed by atoms with Crippen LogP contribution in [0.2, 0.25) is 5.02 Å². The molecule has 0 atom stereocenters. The fraction of sp³-hybridized carbons (Fsp3) is 0.105. The summed E-state index contributed by atoms with van der Waals surface area (Å²) in [4.78, 5) is 15.8. The summed E-state index contributed by atoms with van der Waals surface area (Å²) in [7, 11) is 1.49. The van der Waals surface area contributed by atoms with E-state index in [1.807, 2.05) is 0 Å². The van der Waals surface area contributed by atoms with Crippen molar-refractivity contribution in [1.82, 2.24) is 4.98 Å². The topological polar surface area (TPSA) is 107 Å². The molecule has 0 aliphatic rings. The fourth-order valence-electron chi connectivity index (χ4n) is 2.62. The average Bonchev–Trinajstić information content (AvgIpc) is 2.64. The van der Waals surface area contributed by atoms with Crippen molar-refractivity contribution in [2.75, 3.05) is 17.7 Å². The number of carbonyl (C=O) groups is 1. The molecule has 136 valence electrons. The highest BCUT2D eigenvalue weighted by molar-refractivity contribution is 6.32. The van der Waals surface area contributed by atoms with Gasteiger partial charge in [0.15, 0.2) is 0 Å². The Labute approximate surface area is 160 Å². The molecular formula is C19H15ClN4O3. The van der Waals surface area contributed by atoms with Crippen molar-refractivity contribution >= 4 is 45.5 Å².